The van der Waals surface area contributed by atoms with Gasteiger partial charge in [-0.25, -0.2) is 14.6 Å². The highest BCUT2D eigenvalue weighted by molar-refractivity contribution is 9.10. The molecule has 2 heterocycles. The molecule has 0 radical (unpaired) electrons. The van der Waals surface area contributed by atoms with Crippen molar-refractivity contribution in [2.75, 3.05) is 5.32 Å². The van der Waals surface area contributed by atoms with E-state index in [1.54, 1.807) is 6.20 Å². The summed E-state index contributed by atoms with van der Waals surface area (Å²) in [6.07, 6.45) is 3.30. The van der Waals surface area contributed by atoms with Crippen LogP contribution < -0.4 is 5.32 Å². The van der Waals surface area contributed by atoms with Crippen LogP contribution in [0.1, 0.15) is 16.5 Å². The molecule has 0 aliphatic rings. The van der Waals surface area contributed by atoms with Crippen LogP contribution in [0.2, 0.25) is 5.02 Å². The summed E-state index contributed by atoms with van der Waals surface area (Å²) in [6, 6.07) is 15.7. The number of hydrogen-bond acceptors (Lipinski definition) is 4. The molecule has 0 saturated carbocycles. The first-order valence-corrected chi connectivity index (χ1v) is 10.3. The summed E-state index contributed by atoms with van der Waals surface area (Å²) in [5.41, 5.74) is 2.89. The van der Waals surface area contributed by atoms with Crippen molar-refractivity contribution in [1.29, 1.82) is 0 Å². The lowest BCUT2D eigenvalue weighted by Gasteiger charge is -2.11. The van der Waals surface area contributed by atoms with E-state index in [9.17, 15) is 0 Å². The molecule has 2 aromatic carbocycles. The van der Waals surface area contributed by atoms with Gasteiger partial charge in [-0.3, -0.25) is 0 Å². The number of alkyl halides is 1. The second-order valence-electron chi connectivity index (χ2n) is 6.29. The third-order valence-electron chi connectivity index (χ3n) is 4.37. The minimum atomic E-state index is -0.211. The van der Waals surface area contributed by atoms with Gasteiger partial charge in [-0.05, 0) is 35.4 Å². The fourth-order valence-corrected chi connectivity index (χ4v) is 3.55. The van der Waals surface area contributed by atoms with Crippen molar-refractivity contribution in [2.45, 2.75) is 18.5 Å². The zero-order valence-electron chi connectivity index (χ0n) is 14.7. The molecule has 4 rings (SSSR count). The van der Waals surface area contributed by atoms with Gasteiger partial charge in [0.15, 0.2) is 5.65 Å². The third kappa shape index (κ3) is 4.29. The lowest BCUT2D eigenvalue weighted by molar-refractivity contribution is 0.615. The van der Waals surface area contributed by atoms with Gasteiger partial charge in [0.25, 0.3) is 0 Å². The first-order valence-electron chi connectivity index (χ1n) is 8.64. The molecule has 0 aliphatic heterocycles. The van der Waals surface area contributed by atoms with Gasteiger partial charge < -0.3 is 5.32 Å². The van der Waals surface area contributed by atoms with E-state index in [2.05, 4.69) is 36.3 Å². The smallest absolute Gasteiger partial charge is 0.163 e. The maximum absolute atomic E-state index is 6.60. The minimum Gasteiger partial charge on any atom is -0.365 e. The summed E-state index contributed by atoms with van der Waals surface area (Å²) in [7, 11) is 0. The lowest BCUT2D eigenvalue weighted by Crippen LogP contribution is -2.07. The number of hydrogen-bond donors (Lipinski definition) is 1. The van der Waals surface area contributed by atoms with Gasteiger partial charge in [0, 0.05) is 16.0 Å². The van der Waals surface area contributed by atoms with Gasteiger partial charge in [0.1, 0.15) is 12.1 Å². The number of halogens is 3. The van der Waals surface area contributed by atoms with E-state index in [0.717, 1.165) is 37.5 Å². The predicted octanol–water partition coefficient (Wildman–Crippen LogP) is 5.83. The van der Waals surface area contributed by atoms with Crippen LogP contribution in [-0.4, -0.2) is 19.7 Å². The Balaban J connectivity index is 1.52. The summed E-state index contributed by atoms with van der Waals surface area (Å²) in [5, 5.41) is 9.18. The number of fused-ring (bicyclic) bond motifs is 1. The fourth-order valence-electron chi connectivity index (χ4n) is 2.88. The normalized spacial score (nSPS) is 12.2. The van der Waals surface area contributed by atoms with E-state index < -0.39 is 0 Å². The van der Waals surface area contributed by atoms with E-state index in [0.29, 0.717) is 13.1 Å². The molecule has 0 bridgehead atoms. The van der Waals surface area contributed by atoms with Gasteiger partial charge in [-0.15, -0.1) is 11.6 Å². The monoisotopic (exact) mass is 475 g/mol. The van der Waals surface area contributed by atoms with Gasteiger partial charge in [-0.1, -0.05) is 51.8 Å². The second kappa shape index (κ2) is 8.47. The zero-order chi connectivity index (χ0) is 19.5. The molecule has 0 amide bonds. The number of nitrogens with zero attached hydrogens (tertiary/aromatic N) is 4. The van der Waals surface area contributed by atoms with Crippen molar-refractivity contribution in [1.82, 2.24) is 19.7 Å². The molecule has 1 atom stereocenters. The molecule has 28 heavy (non-hydrogen) atoms. The van der Waals surface area contributed by atoms with E-state index >= 15 is 0 Å². The summed E-state index contributed by atoms with van der Waals surface area (Å²) in [4.78, 5) is 8.76. The number of rotatable bonds is 6. The van der Waals surface area contributed by atoms with Crippen molar-refractivity contribution in [3.8, 4) is 0 Å². The van der Waals surface area contributed by atoms with Crippen LogP contribution in [0.4, 0.5) is 5.82 Å². The van der Waals surface area contributed by atoms with Crippen LogP contribution >= 0.6 is 39.1 Å². The Morgan fingerprint density at radius 1 is 1.04 bits per heavy atom. The molecule has 142 valence electrons. The number of benzene rings is 2. The van der Waals surface area contributed by atoms with Gasteiger partial charge >= 0.3 is 0 Å². The number of nitrogens with one attached hydrogen (secondary N) is 1. The van der Waals surface area contributed by atoms with Crippen LogP contribution in [0.15, 0.2) is 65.5 Å². The molecular formula is C20H16BrCl2N5. The Kier molecular flexibility index (Phi) is 5.80. The van der Waals surface area contributed by atoms with Crippen molar-refractivity contribution in [3.05, 3.63) is 81.7 Å². The van der Waals surface area contributed by atoms with E-state index in [1.165, 1.54) is 6.33 Å². The Bertz CT molecular complexity index is 1080. The van der Waals surface area contributed by atoms with Crippen molar-refractivity contribution >= 4 is 56.0 Å². The average molecular weight is 477 g/mol. The molecule has 2 aromatic heterocycles. The van der Waals surface area contributed by atoms with Crippen molar-refractivity contribution < 1.29 is 0 Å². The van der Waals surface area contributed by atoms with Crippen LogP contribution in [0.25, 0.3) is 11.0 Å². The first kappa shape index (κ1) is 19.2. The Morgan fingerprint density at radius 3 is 2.54 bits per heavy atom. The van der Waals surface area contributed by atoms with Gasteiger partial charge in [0.05, 0.1) is 23.5 Å². The predicted molar refractivity (Wildman–Crippen MR) is 117 cm³/mol. The maximum atomic E-state index is 6.60. The number of aromatic nitrogens is 4. The fraction of sp³-hybridized carbons (Fsp3) is 0.150. The summed E-state index contributed by atoms with van der Waals surface area (Å²) < 4.78 is 2.83. The largest absolute Gasteiger partial charge is 0.365 e. The maximum Gasteiger partial charge on any atom is 0.163 e. The van der Waals surface area contributed by atoms with E-state index in [1.807, 2.05) is 53.2 Å². The first-order chi connectivity index (χ1) is 13.6. The van der Waals surface area contributed by atoms with E-state index in [4.69, 9.17) is 23.2 Å². The van der Waals surface area contributed by atoms with Gasteiger partial charge in [-0.2, -0.15) is 5.10 Å². The lowest BCUT2D eigenvalue weighted by atomic mass is 10.1. The molecule has 0 saturated heterocycles. The SMILES string of the molecule is Clc1ccc(CNc2ncnc3c2cnn3CC(Cl)c2ccc(Br)cc2)cc1. The molecule has 4 aromatic rings. The van der Waals surface area contributed by atoms with Crippen LogP contribution in [0.5, 0.6) is 0 Å². The highest BCUT2D eigenvalue weighted by Gasteiger charge is 2.14. The number of anilines is 1. The molecule has 0 spiro atoms. The molecule has 0 fully saturated rings. The second-order valence-corrected chi connectivity index (χ2v) is 8.16. The Morgan fingerprint density at radius 2 is 1.79 bits per heavy atom. The molecule has 8 heteroatoms. The Labute approximate surface area is 180 Å². The molecule has 1 N–H and O–H groups in total. The van der Waals surface area contributed by atoms with Crippen LogP contribution in [0.3, 0.4) is 0 Å². The standard InChI is InChI=1S/C20H16BrCl2N5/c21-15-5-3-14(4-6-15)18(23)11-28-20-17(10-27-28)19(25-12-26-20)24-9-13-1-7-16(22)8-2-13/h1-8,10,12,18H,9,11H2,(H,24,25,26). The third-order valence-corrected chi connectivity index (χ3v) is 5.54. The quantitative estimate of drug-likeness (QED) is 0.355. The molecule has 5 nitrogen and oxygen atoms in total. The topological polar surface area (TPSA) is 55.6 Å². The van der Waals surface area contributed by atoms with E-state index in [-0.39, 0.29) is 5.38 Å². The minimum absolute atomic E-state index is 0.211. The zero-order valence-corrected chi connectivity index (χ0v) is 17.8. The van der Waals surface area contributed by atoms with Crippen molar-refractivity contribution in [2.24, 2.45) is 0 Å². The van der Waals surface area contributed by atoms with Crippen LogP contribution in [-0.2, 0) is 13.1 Å². The van der Waals surface area contributed by atoms with Crippen molar-refractivity contribution in [3.63, 3.8) is 0 Å². The highest BCUT2D eigenvalue weighted by atomic mass is 79.9. The molecule has 1 unspecified atom stereocenters. The summed E-state index contributed by atoms with van der Waals surface area (Å²) in [6.45, 7) is 1.14. The van der Waals surface area contributed by atoms with Gasteiger partial charge in [0.2, 0.25) is 0 Å². The average Bonchev–Trinajstić information content (AvgIpc) is 3.11. The Hall–Kier alpha value is -2.15. The molecule has 0 aliphatic carbocycles. The summed E-state index contributed by atoms with van der Waals surface area (Å²) >= 11 is 16.0. The summed E-state index contributed by atoms with van der Waals surface area (Å²) in [5.74, 6) is 0.737. The highest BCUT2D eigenvalue weighted by Crippen LogP contribution is 2.26. The van der Waals surface area contributed by atoms with Crippen LogP contribution in [0, 0.1) is 0 Å². The molecular weight excluding hydrogens is 461 g/mol.